The summed E-state index contributed by atoms with van der Waals surface area (Å²) in [4.78, 5) is 0. The quantitative estimate of drug-likeness (QED) is 0.705. The van der Waals surface area contributed by atoms with Gasteiger partial charge in [-0.1, -0.05) is 0 Å². The van der Waals surface area contributed by atoms with E-state index in [1.165, 1.54) is 0 Å². The Morgan fingerprint density at radius 3 is 2.38 bits per heavy atom. The lowest BCUT2D eigenvalue weighted by Gasteiger charge is -2.11. The first kappa shape index (κ1) is 12.4. The average molecular weight is 228 g/mol. The molecular formula is C10H10F2N2O2. The van der Waals surface area contributed by atoms with Gasteiger partial charge in [0.25, 0.3) is 0 Å². The first-order chi connectivity index (χ1) is 7.58. The largest absolute Gasteiger partial charge is 0.394 e. The Labute approximate surface area is 90.8 Å². The van der Waals surface area contributed by atoms with Gasteiger partial charge in [-0.15, -0.1) is 0 Å². The Morgan fingerprint density at radius 2 is 1.94 bits per heavy atom. The molecule has 0 fully saturated rings. The highest BCUT2D eigenvalue weighted by Crippen LogP contribution is 2.20. The second-order valence-electron chi connectivity index (χ2n) is 3.14. The molecule has 16 heavy (non-hydrogen) atoms. The molecule has 1 aromatic rings. The zero-order valence-corrected chi connectivity index (χ0v) is 8.24. The van der Waals surface area contributed by atoms with Crippen LogP contribution >= 0.6 is 0 Å². The van der Waals surface area contributed by atoms with E-state index in [2.05, 4.69) is 5.32 Å². The monoisotopic (exact) mass is 228 g/mol. The zero-order valence-electron chi connectivity index (χ0n) is 8.24. The number of aliphatic hydroxyl groups is 2. The summed E-state index contributed by atoms with van der Waals surface area (Å²) < 4.78 is 26.5. The second-order valence-corrected chi connectivity index (χ2v) is 3.14. The van der Waals surface area contributed by atoms with E-state index in [1.807, 2.05) is 0 Å². The number of rotatable bonds is 4. The fraction of sp³-hybridized carbons (Fsp3) is 0.300. The van der Waals surface area contributed by atoms with Crippen LogP contribution in [0.25, 0.3) is 0 Å². The molecule has 0 aliphatic heterocycles. The number of aliphatic hydroxyl groups excluding tert-OH is 2. The minimum atomic E-state index is -1.10. The first-order valence-electron chi connectivity index (χ1n) is 4.50. The molecule has 0 aliphatic carbocycles. The predicted molar refractivity (Wildman–Crippen MR) is 52.7 cm³/mol. The van der Waals surface area contributed by atoms with Crippen LogP contribution in [0.15, 0.2) is 12.1 Å². The lowest BCUT2D eigenvalue weighted by molar-refractivity contribution is 0.105. The van der Waals surface area contributed by atoms with Crippen molar-refractivity contribution in [1.29, 1.82) is 5.26 Å². The molecule has 0 saturated heterocycles. The maximum absolute atomic E-state index is 13.3. The molecule has 0 heterocycles. The van der Waals surface area contributed by atoms with Crippen LogP contribution in [0.3, 0.4) is 0 Å². The number of hydrogen-bond donors (Lipinski definition) is 3. The normalized spacial score (nSPS) is 11.9. The van der Waals surface area contributed by atoms with E-state index >= 15 is 0 Å². The standard InChI is InChI=1S/C10H10F2N2O2/c11-8-1-6(3-13)2-9(12)10(8)14-4-7(16)5-15/h1-2,7,14-16H,4-5H2. The van der Waals surface area contributed by atoms with Gasteiger partial charge in [-0.25, -0.2) is 8.78 Å². The first-order valence-corrected chi connectivity index (χ1v) is 4.50. The summed E-state index contributed by atoms with van der Waals surface area (Å²) in [7, 11) is 0. The summed E-state index contributed by atoms with van der Waals surface area (Å²) in [6.45, 7) is -0.692. The Balaban J connectivity index is 2.85. The van der Waals surface area contributed by atoms with Crippen molar-refractivity contribution in [1.82, 2.24) is 0 Å². The maximum Gasteiger partial charge on any atom is 0.150 e. The molecule has 1 rings (SSSR count). The lowest BCUT2D eigenvalue weighted by atomic mass is 10.2. The number of nitriles is 1. The second kappa shape index (κ2) is 5.39. The number of anilines is 1. The molecule has 0 saturated carbocycles. The van der Waals surface area contributed by atoms with Crippen molar-refractivity contribution in [3.63, 3.8) is 0 Å². The zero-order chi connectivity index (χ0) is 12.1. The average Bonchev–Trinajstić information content (AvgIpc) is 2.27. The Bertz CT molecular complexity index is 395. The summed E-state index contributed by atoms with van der Waals surface area (Å²) in [6.07, 6.45) is -1.10. The Hall–Kier alpha value is -1.71. The van der Waals surface area contributed by atoms with E-state index in [0.29, 0.717) is 0 Å². The number of nitrogens with zero attached hydrogens (tertiary/aromatic N) is 1. The molecule has 0 amide bonds. The molecule has 1 unspecified atom stereocenters. The molecule has 0 spiro atoms. The van der Waals surface area contributed by atoms with Gasteiger partial charge in [-0.3, -0.25) is 0 Å². The van der Waals surface area contributed by atoms with E-state index in [9.17, 15) is 8.78 Å². The molecule has 1 atom stereocenters. The highest BCUT2D eigenvalue weighted by Gasteiger charge is 2.12. The van der Waals surface area contributed by atoms with E-state index in [-0.39, 0.29) is 12.1 Å². The van der Waals surface area contributed by atoms with Crippen molar-refractivity contribution in [2.45, 2.75) is 6.10 Å². The van der Waals surface area contributed by atoms with Crippen molar-refractivity contribution < 1.29 is 19.0 Å². The van der Waals surface area contributed by atoms with Crippen molar-refractivity contribution in [2.24, 2.45) is 0 Å². The van der Waals surface area contributed by atoms with Gasteiger partial charge in [0.2, 0.25) is 0 Å². The fourth-order valence-electron chi connectivity index (χ4n) is 1.09. The van der Waals surface area contributed by atoms with E-state index in [0.717, 1.165) is 12.1 Å². The summed E-state index contributed by atoms with van der Waals surface area (Å²) in [6, 6.07) is 3.39. The molecule has 6 heteroatoms. The van der Waals surface area contributed by atoms with Crippen LogP contribution in [0.1, 0.15) is 5.56 Å². The highest BCUT2D eigenvalue weighted by molar-refractivity contribution is 5.50. The highest BCUT2D eigenvalue weighted by atomic mass is 19.1. The van der Waals surface area contributed by atoms with Crippen molar-refractivity contribution in [3.05, 3.63) is 29.3 Å². The van der Waals surface area contributed by atoms with Crippen molar-refractivity contribution in [3.8, 4) is 6.07 Å². The summed E-state index contributed by atoms with van der Waals surface area (Å²) >= 11 is 0. The van der Waals surface area contributed by atoms with Crippen LogP contribution < -0.4 is 5.32 Å². The lowest BCUT2D eigenvalue weighted by Crippen LogP contribution is -2.23. The molecular weight excluding hydrogens is 218 g/mol. The summed E-state index contributed by atoms with van der Waals surface area (Å²) in [5.41, 5.74) is -0.547. The van der Waals surface area contributed by atoms with E-state index in [4.69, 9.17) is 15.5 Å². The topological polar surface area (TPSA) is 76.3 Å². The SMILES string of the molecule is N#Cc1cc(F)c(NCC(O)CO)c(F)c1. The number of hydrogen-bond acceptors (Lipinski definition) is 4. The number of nitrogens with one attached hydrogen (secondary N) is 1. The predicted octanol–water partition coefficient (Wildman–Crippen LogP) is 0.602. The molecule has 86 valence electrons. The molecule has 0 bridgehead atoms. The van der Waals surface area contributed by atoms with Gasteiger partial charge in [0.15, 0.2) is 11.6 Å². The summed E-state index contributed by atoms with van der Waals surface area (Å²) in [5.74, 6) is -1.83. The molecule has 1 aromatic carbocycles. The van der Waals surface area contributed by atoms with Gasteiger partial charge in [0.1, 0.15) is 5.69 Å². The molecule has 0 aliphatic rings. The third-order valence-electron chi connectivity index (χ3n) is 1.90. The minimum absolute atomic E-state index is 0.122. The Morgan fingerprint density at radius 1 is 1.38 bits per heavy atom. The molecule has 3 N–H and O–H groups in total. The molecule has 4 nitrogen and oxygen atoms in total. The van der Waals surface area contributed by atoms with Crippen LogP contribution in [0.4, 0.5) is 14.5 Å². The van der Waals surface area contributed by atoms with Crippen LogP contribution in [0, 0.1) is 23.0 Å². The van der Waals surface area contributed by atoms with Gasteiger partial charge in [-0.2, -0.15) is 5.26 Å². The van der Waals surface area contributed by atoms with Gasteiger partial charge in [0, 0.05) is 6.54 Å². The minimum Gasteiger partial charge on any atom is -0.394 e. The van der Waals surface area contributed by atoms with Crippen LogP contribution in [-0.4, -0.2) is 29.5 Å². The number of halogens is 2. The van der Waals surface area contributed by atoms with Crippen LogP contribution in [-0.2, 0) is 0 Å². The Kier molecular flexibility index (Phi) is 4.17. The molecule has 0 aromatic heterocycles. The number of benzene rings is 1. The van der Waals surface area contributed by atoms with Gasteiger partial charge in [-0.05, 0) is 12.1 Å². The van der Waals surface area contributed by atoms with E-state index in [1.54, 1.807) is 6.07 Å². The fourth-order valence-corrected chi connectivity index (χ4v) is 1.09. The summed E-state index contributed by atoms with van der Waals surface area (Å²) in [5, 5.41) is 28.3. The third kappa shape index (κ3) is 2.89. The smallest absolute Gasteiger partial charge is 0.150 e. The molecule has 0 radical (unpaired) electrons. The van der Waals surface area contributed by atoms with Gasteiger partial charge < -0.3 is 15.5 Å². The third-order valence-corrected chi connectivity index (χ3v) is 1.90. The van der Waals surface area contributed by atoms with Crippen LogP contribution in [0.5, 0.6) is 0 Å². The van der Waals surface area contributed by atoms with Crippen molar-refractivity contribution >= 4 is 5.69 Å². The van der Waals surface area contributed by atoms with Crippen LogP contribution in [0.2, 0.25) is 0 Å². The van der Waals surface area contributed by atoms with Crippen molar-refractivity contribution in [2.75, 3.05) is 18.5 Å². The van der Waals surface area contributed by atoms with Gasteiger partial charge >= 0.3 is 0 Å². The van der Waals surface area contributed by atoms with Gasteiger partial charge in [0.05, 0.1) is 24.3 Å². The maximum atomic E-state index is 13.3. The van der Waals surface area contributed by atoms with E-state index < -0.39 is 30.0 Å².